The lowest BCUT2D eigenvalue weighted by Gasteiger charge is -2.32. The van der Waals surface area contributed by atoms with Gasteiger partial charge in [-0.1, -0.05) is 6.58 Å². The summed E-state index contributed by atoms with van der Waals surface area (Å²) in [6, 6.07) is 7.21. The molecule has 3 heterocycles. The van der Waals surface area contributed by atoms with Crippen LogP contribution >= 0.6 is 11.3 Å². The number of nitrogens with zero attached hydrogens (tertiary/aromatic N) is 4. The molecule has 0 bridgehead atoms. The molecular weight excluding hydrogens is 517 g/mol. The second-order valence-electron chi connectivity index (χ2n) is 10.2. The molecule has 2 aromatic heterocycles. The van der Waals surface area contributed by atoms with Crippen molar-refractivity contribution < 1.29 is 13.9 Å². The highest BCUT2D eigenvalue weighted by atomic mass is 32.1. The van der Waals surface area contributed by atoms with Gasteiger partial charge in [-0.2, -0.15) is 4.98 Å². The summed E-state index contributed by atoms with van der Waals surface area (Å²) in [6.07, 6.45) is 4.94. The summed E-state index contributed by atoms with van der Waals surface area (Å²) in [6.45, 7) is 8.85. The number of aromatic nitrogens is 2. The SMILES string of the molecule is C=CC(=O)NC1CCC(Nc2nc(Nc3ccc(OCCN4CCN(C)CC4)c(F)c3)nc3ccsc23)CC1. The standard InChI is InChI=1S/C28H36FN7O2S/c1-3-25(37)30-19-4-6-20(7-5-19)31-27-26-23(10-17-39-26)33-28(34-27)32-21-8-9-24(22(29)18-21)38-16-15-36-13-11-35(2)12-14-36/h3,8-10,17-20H,1,4-7,11-16H2,2H3,(H,30,37)(H2,31,32,33,34). The lowest BCUT2D eigenvalue weighted by Crippen LogP contribution is -2.45. The molecule has 2 aliphatic rings. The molecule has 1 saturated heterocycles. The number of likely N-dealkylation sites (N-methyl/N-ethyl adjacent to an activating group) is 1. The highest BCUT2D eigenvalue weighted by Gasteiger charge is 2.23. The van der Waals surface area contributed by atoms with Gasteiger partial charge >= 0.3 is 0 Å². The molecule has 5 rings (SSSR count). The predicted octanol–water partition coefficient (Wildman–Crippen LogP) is 4.23. The quantitative estimate of drug-likeness (QED) is 0.321. The maximum atomic E-state index is 14.8. The number of fused-ring (bicyclic) bond motifs is 1. The van der Waals surface area contributed by atoms with Crippen LogP contribution in [0.15, 0.2) is 42.3 Å². The minimum atomic E-state index is -0.423. The molecule has 2 fully saturated rings. The third-order valence-corrected chi connectivity index (χ3v) is 8.26. The van der Waals surface area contributed by atoms with Crippen LogP contribution in [0.1, 0.15) is 25.7 Å². The Hall–Kier alpha value is -3.28. The average Bonchev–Trinajstić information content (AvgIpc) is 3.41. The van der Waals surface area contributed by atoms with Crippen molar-refractivity contribution in [3.05, 3.63) is 48.1 Å². The zero-order chi connectivity index (χ0) is 27.2. The molecule has 208 valence electrons. The number of rotatable bonds is 10. The Bertz CT molecular complexity index is 1290. The molecular formula is C28H36FN7O2S. The van der Waals surface area contributed by atoms with Crippen LogP contribution in [-0.2, 0) is 4.79 Å². The maximum absolute atomic E-state index is 14.8. The summed E-state index contributed by atoms with van der Waals surface area (Å²) in [5.74, 6) is 0.860. The van der Waals surface area contributed by atoms with E-state index in [4.69, 9.17) is 9.72 Å². The Morgan fingerprint density at radius 2 is 1.92 bits per heavy atom. The fourth-order valence-corrected chi connectivity index (χ4v) is 5.82. The summed E-state index contributed by atoms with van der Waals surface area (Å²) in [4.78, 5) is 25.6. The minimum Gasteiger partial charge on any atom is -0.489 e. The first-order chi connectivity index (χ1) is 19.0. The maximum Gasteiger partial charge on any atom is 0.243 e. The molecule has 0 radical (unpaired) electrons. The zero-order valence-corrected chi connectivity index (χ0v) is 23.1. The molecule has 0 spiro atoms. The van der Waals surface area contributed by atoms with Gasteiger partial charge in [0.25, 0.3) is 0 Å². The van der Waals surface area contributed by atoms with Crippen molar-refractivity contribution in [3.63, 3.8) is 0 Å². The summed E-state index contributed by atoms with van der Waals surface area (Å²) >= 11 is 1.59. The Morgan fingerprint density at radius 3 is 2.67 bits per heavy atom. The van der Waals surface area contributed by atoms with Crippen molar-refractivity contribution in [2.24, 2.45) is 0 Å². The Kier molecular flexibility index (Phi) is 8.90. The average molecular weight is 554 g/mol. The zero-order valence-electron chi connectivity index (χ0n) is 22.3. The molecule has 9 nitrogen and oxygen atoms in total. The number of hydrogen-bond donors (Lipinski definition) is 3. The smallest absolute Gasteiger partial charge is 0.243 e. The summed E-state index contributed by atoms with van der Waals surface area (Å²) in [5.41, 5.74) is 1.38. The van der Waals surface area contributed by atoms with E-state index in [2.05, 4.69) is 44.4 Å². The van der Waals surface area contributed by atoms with Gasteiger partial charge in [-0.05, 0) is 62.4 Å². The molecule has 0 unspecified atom stereocenters. The van der Waals surface area contributed by atoms with Gasteiger partial charge in [-0.3, -0.25) is 9.69 Å². The number of carbonyl (C=O) groups is 1. The van der Waals surface area contributed by atoms with Crippen molar-refractivity contribution in [2.45, 2.75) is 37.8 Å². The molecule has 3 aromatic rings. The highest BCUT2D eigenvalue weighted by molar-refractivity contribution is 7.17. The van der Waals surface area contributed by atoms with Crippen molar-refractivity contribution >= 4 is 44.9 Å². The highest BCUT2D eigenvalue weighted by Crippen LogP contribution is 2.31. The van der Waals surface area contributed by atoms with E-state index in [9.17, 15) is 9.18 Å². The predicted molar refractivity (Wildman–Crippen MR) is 155 cm³/mol. The number of carbonyl (C=O) groups excluding carboxylic acids is 1. The van der Waals surface area contributed by atoms with Gasteiger partial charge in [0.05, 0.1) is 10.2 Å². The molecule has 3 N–H and O–H groups in total. The van der Waals surface area contributed by atoms with Gasteiger partial charge in [-0.25, -0.2) is 9.37 Å². The lowest BCUT2D eigenvalue weighted by molar-refractivity contribution is -0.117. The first-order valence-electron chi connectivity index (χ1n) is 13.5. The van der Waals surface area contributed by atoms with Crippen LogP contribution in [0, 0.1) is 5.82 Å². The fourth-order valence-electron chi connectivity index (χ4n) is 5.03. The van der Waals surface area contributed by atoms with Crippen LogP contribution < -0.4 is 20.7 Å². The number of halogens is 1. The molecule has 1 saturated carbocycles. The van der Waals surface area contributed by atoms with Crippen LogP contribution in [0.5, 0.6) is 5.75 Å². The largest absolute Gasteiger partial charge is 0.489 e. The second kappa shape index (κ2) is 12.7. The van der Waals surface area contributed by atoms with Crippen LogP contribution in [0.2, 0.25) is 0 Å². The molecule has 1 amide bonds. The topological polar surface area (TPSA) is 94.6 Å². The fraction of sp³-hybridized carbons (Fsp3) is 0.464. The van der Waals surface area contributed by atoms with Gasteiger partial charge in [-0.15, -0.1) is 11.3 Å². The Labute approximate surface area is 232 Å². The van der Waals surface area contributed by atoms with Gasteiger partial charge in [0, 0.05) is 56.6 Å². The molecule has 39 heavy (non-hydrogen) atoms. The number of piperazine rings is 1. The van der Waals surface area contributed by atoms with E-state index < -0.39 is 5.82 Å². The molecule has 1 aliphatic carbocycles. The van der Waals surface area contributed by atoms with Gasteiger partial charge < -0.3 is 25.6 Å². The Balaban J connectivity index is 1.19. The first-order valence-corrected chi connectivity index (χ1v) is 14.4. The number of nitrogens with one attached hydrogen (secondary N) is 3. The van der Waals surface area contributed by atoms with E-state index in [0.717, 1.165) is 74.4 Å². The van der Waals surface area contributed by atoms with Crippen LogP contribution in [0.3, 0.4) is 0 Å². The van der Waals surface area contributed by atoms with Crippen LogP contribution in [0.25, 0.3) is 10.2 Å². The molecule has 1 aliphatic heterocycles. The summed E-state index contributed by atoms with van der Waals surface area (Å²) in [7, 11) is 2.12. The Morgan fingerprint density at radius 1 is 1.15 bits per heavy atom. The number of anilines is 3. The van der Waals surface area contributed by atoms with Gasteiger partial charge in [0.2, 0.25) is 11.9 Å². The normalized spacial score (nSPS) is 20.5. The molecule has 0 atom stereocenters. The van der Waals surface area contributed by atoms with Crippen molar-refractivity contribution in [3.8, 4) is 5.75 Å². The van der Waals surface area contributed by atoms with E-state index in [1.54, 1.807) is 23.5 Å². The third kappa shape index (κ3) is 7.23. The monoisotopic (exact) mass is 553 g/mol. The van der Waals surface area contributed by atoms with Crippen molar-refractivity contribution in [1.82, 2.24) is 25.1 Å². The van der Waals surface area contributed by atoms with E-state index in [0.29, 0.717) is 18.2 Å². The minimum absolute atomic E-state index is 0.125. The van der Waals surface area contributed by atoms with Crippen LogP contribution in [0.4, 0.5) is 21.8 Å². The van der Waals surface area contributed by atoms with Crippen molar-refractivity contribution in [2.75, 3.05) is 57.0 Å². The van der Waals surface area contributed by atoms with Gasteiger partial charge in [0.1, 0.15) is 12.4 Å². The van der Waals surface area contributed by atoms with Gasteiger partial charge in [0.15, 0.2) is 11.6 Å². The third-order valence-electron chi connectivity index (χ3n) is 7.35. The van der Waals surface area contributed by atoms with E-state index in [1.807, 2.05) is 11.4 Å². The summed E-state index contributed by atoms with van der Waals surface area (Å²) < 4.78 is 21.5. The lowest BCUT2D eigenvalue weighted by atomic mass is 9.91. The van der Waals surface area contributed by atoms with E-state index >= 15 is 0 Å². The number of ether oxygens (including phenoxy) is 1. The number of thiophene rings is 1. The van der Waals surface area contributed by atoms with E-state index in [1.165, 1.54) is 12.1 Å². The van der Waals surface area contributed by atoms with E-state index in [-0.39, 0.29) is 23.7 Å². The van der Waals surface area contributed by atoms with Crippen molar-refractivity contribution in [1.29, 1.82) is 0 Å². The molecule has 1 aromatic carbocycles. The van der Waals surface area contributed by atoms with Crippen LogP contribution in [-0.4, -0.2) is 84.1 Å². The number of amides is 1. The first kappa shape index (κ1) is 27.3. The molecule has 11 heteroatoms. The summed E-state index contributed by atoms with van der Waals surface area (Å²) in [5, 5.41) is 11.7. The second-order valence-corrected chi connectivity index (χ2v) is 11.1. The number of hydrogen-bond acceptors (Lipinski definition) is 9. The number of benzene rings is 1.